The number of amides is 1. The maximum atomic E-state index is 11.5. The maximum Gasteiger partial charge on any atom is 0.412 e. The van der Waals surface area contributed by atoms with Crippen molar-refractivity contribution in [1.82, 2.24) is 0 Å². The predicted octanol–water partition coefficient (Wildman–Crippen LogP) is 3.18. The molecule has 0 heterocycles. The van der Waals surface area contributed by atoms with E-state index in [1.54, 1.807) is 39.0 Å². The van der Waals surface area contributed by atoms with Crippen molar-refractivity contribution >= 4 is 23.4 Å². The first kappa shape index (κ1) is 13.8. The second-order valence-electron chi connectivity index (χ2n) is 4.59. The molecule has 0 aromatic heterocycles. The minimum Gasteiger partial charge on any atom is -0.444 e. The van der Waals surface area contributed by atoms with E-state index in [2.05, 4.69) is 5.32 Å². The predicted molar refractivity (Wildman–Crippen MR) is 67.2 cm³/mol. The first-order valence-corrected chi connectivity index (χ1v) is 5.59. The monoisotopic (exact) mass is 257 g/mol. The molecule has 0 fully saturated rings. The summed E-state index contributed by atoms with van der Waals surface area (Å²) >= 11 is 5.78. The van der Waals surface area contributed by atoms with Gasteiger partial charge in [0.2, 0.25) is 0 Å². The number of aliphatic hydroxyl groups excluding tert-OH is 1. The Morgan fingerprint density at radius 1 is 1.47 bits per heavy atom. The molecule has 4 nitrogen and oxygen atoms in total. The smallest absolute Gasteiger partial charge is 0.412 e. The lowest BCUT2D eigenvalue weighted by molar-refractivity contribution is 0.0635. The molecule has 17 heavy (non-hydrogen) atoms. The second kappa shape index (κ2) is 5.38. The topological polar surface area (TPSA) is 58.6 Å². The van der Waals surface area contributed by atoms with Crippen molar-refractivity contribution in [2.45, 2.75) is 33.0 Å². The molecule has 0 aliphatic heterocycles. The van der Waals surface area contributed by atoms with Gasteiger partial charge in [-0.15, -0.1) is 0 Å². The fourth-order valence-corrected chi connectivity index (χ4v) is 1.42. The number of hydrogen-bond acceptors (Lipinski definition) is 3. The Morgan fingerprint density at radius 2 is 2.12 bits per heavy atom. The van der Waals surface area contributed by atoms with Crippen molar-refractivity contribution in [3.63, 3.8) is 0 Å². The zero-order valence-corrected chi connectivity index (χ0v) is 10.8. The van der Waals surface area contributed by atoms with Crippen molar-refractivity contribution in [2.75, 3.05) is 5.32 Å². The summed E-state index contributed by atoms with van der Waals surface area (Å²) in [5.74, 6) is 0. The number of rotatable bonds is 2. The van der Waals surface area contributed by atoms with Crippen molar-refractivity contribution in [2.24, 2.45) is 0 Å². The Labute approximate surface area is 106 Å². The molecule has 1 aromatic carbocycles. The lowest BCUT2D eigenvalue weighted by Crippen LogP contribution is -2.27. The van der Waals surface area contributed by atoms with Gasteiger partial charge in [-0.05, 0) is 39.0 Å². The third-order valence-corrected chi connectivity index (χ3v) is 2.11. The van der Waals surface area contributed by atoms with E-state index in [4.69, 9.17) is 21.4 Å². The Kier molecular flexibility index (Phi) is 4.37. The third-order valence-electron chi connectivity index (χ3n) is 1.87. The summed E-state index contributed by atoms with van der Waals surface area (Å²) in [5, 5.41) is 12.2. The highest BCUT2D eigenvalue weighted by Crippen LogP contribution is 2.21. The number of carbonyl (C=O) groups excluding carboxylic acids is 1. The van der Waals surface area contributed by atoms with Crippen LogP contribution in [0, 0.1) is 0 Å². The molecule has 1 rings (SSSR count). The first-order chi connectivity index (χ1) is 7.81. The molecule has 94 valence electrons. The zero-order chi connectivity index (χ0) is 13.1. The molecular weight excluding hydrogens is 242 g/mol. The summed E-state index contributed by atoms with van der Waals surface area (Å²) in [6.07, 6.45) is -0.561. The van der Waals surface area contributed by atoms with Crippen LogP contribution >= 0.6 is 11.6 Å². The second-order valence-corrected chi connectivity index (χ2v) is 5.02. The lowest BCUT2D eigenvalue weighted by Gasteiger charge is -2.20. The number of carbonyl (C=O) groups is 1. The van der Waals surface area contributed by atoms with Crippen molar-refractivity contribution in [3.05, 3.63) is 28.8 Å². The highest BCUT2D eigenvalue weighted by atomic mass is 35.5. The van der Waals surface area contributed by atoms with Gasteiger partial charge in [0.05, 0.1) is 6.61 Å². The molecule has 0 unspecified atom stereocenters. The van der Waals surface area contributed by atoms with Gasteiger partial charge in [-0.2, -0.15) is 0 Å². The molecular formula is C12H16ClNO3. The summed E-state index contributed by atoms with van der Waals surface area (Å²) in [7, 11) is 0. The fraction of sp³-hybridized carbons (Fsp3) is 0.417. The van der Waals surface area contributed by atoms with Gasteiger partial charge in [0.15, 0.2) is 0 Å². The Morgan fingerprint density at radius 3 is 2.65 bits per heavy atom. The minimum absolute atomic E-state index is 0.203. The van der Waals surface area contributed by atoms with Crippen molar-refractivity contribution in [1.29, 1.82) is 0 Å². The third kappa shape index (κ3) is 4.63. The van der Waals surface area contributed by atoms with E-state index in [-0.39, 0.29) is 6.61 Å². The number of benzene rings is 1. The molecule has 0 aliphatic rings. The summed E-state index contributed by atoms with van der Waals surface area (Å²) in [6, 6.07) is 4.85. The van der Waals surface area contributed by atoms with Crippen LogP contribution in [0.2, 0.25) is 5.02 Å². The van der Waals surface area contributed by atoms with E-state index in [1.165, 1.54) is 0 Å². The van der Waals surface area contributed by atoms with E-state index in [0.717, 1.165) is 0 Å². The summed E-state index contributed by atoms with van der Waals surface area (Å²) in [4.78, 5) is 11.5. The van der Waals surface area contributed by atoms with E-state index >= 15 is 0 Å². The van der Waals surface area contributed by atoms with Crippen molar-refractivity contribution in [3.8, 4) is 0 Å². The quantitative estimate of drug-likeness (QED) is 0.856. The molecule has 0 bridgehead atoms. The van der Waals surface area contributed by atoms with Gasteiger partial charge in [0, 0.05) is 16.3 Å². The Hall–Kier alpha value is -1.26. The van der Waals surface area contributed by atoms with E-state index in [0.29, 0.717) is 16.3 Å². The first-order valence-electron chi connectivity index (χ1n) is 5.21. The lowest BCUT2D eigenvalue weighted by atomic mass is 10.2. The van der Waals surface area contributed by atoms with Crippen molar-refractivity contribution < 1.29 is 14.6 Å². The molecule has 0 radical (unpaired) electrons. The van der Waals surface area contributed by atoms with Crippen LogP contribution in [0.3, 0.4) is 0 Å². The van der Waals surface area contributed by atoms with Crippen LogP contribution in [0.1, 0.15) is 26.3 Å². The minimum atomic E-state index is -0.561. The van der Waals surface area contributed by atoms with Crippen LogP contribution in [0.25, 0.3) is 0 Å². The van der Waals surface area contributed by atoms with Gasteiger partial charge in [0.25, 0.3) is 0 Å². The maximum absolute atomic E-state index is 11.5. The average molecular weight is 258 g/mol. The summed E-state index contributed by atoms with van der Waals surface area (Å²) in [5.41, 5.74) is 0.477. The van der Waals surface area contributed by atoms with Crippen LogP contribution in [-0.4, -0.2) is 16.8 Å². The van der Waals surface area contributed by atoms with Gasteiger partial charge in [-0.1, -0.05) is 11.6 Å². The highest BCUT2D eigenvalue weighted by molar-refractivity contribution is 6.30. The average Bonchev–Trinajstić information content (AvgIpc) is 2.17. The highest BCUT2D eigenvalue weighted by Gasteiger charge is 2.17. The normalized spacial score (nSPS) is 11.1. The standard InChI is InChI=1S/C12H16ClNO3/c1-12(2,3)17-11(16)14-10-5-4-9(13)6-8(10)7-15/h4-6,15H,7H2,1-3H3,(H,14,16). The molecule has 1 aromatic rings. The number of ether oxygens (including phenoxy) is 1. The molecule has 2 N–H and O–H groups in total. The fourth-order valence-electron chi connectivity index (χ4n) is 1.23. The molecule has 0 aliphatic carbocycles. The summed E-state index contributed by atoms with van der Waals surface area (Å²) < 4.78 is 5.11. The number of aliphatic hydroxyl groups is 1. The van der Waals surface area contributed by atoms with Gasteiger partial charge in [-0.25, -0.2) is 4.79 Å². The number of nitrogens with one attached hydrogen (secondary N) is 1. The molecule has 0 saturated carbocycles. The Balaban J connectivity index is 2.78. The van der Waals surface area contributed by atoms with Gasteiger partial charge in [-0.3, -0.25) is 5.32 Å². The summed E-state index contributed by atoms with van der Waals surface area (Å²) in [6.45, 7) is 5.13. The van der Waals surface area contributed by atoms with Crippen LogP contribution in [0.15, 0.2) is 18.2 Å². The van der Waals surface area contributed by atoms with Gasteiger partial charge < -0.3 is 9.84 Å². The largest absolute Gasteiger partial charge is 0.444 e. The van der Waals surface area contributed by atoms with Gasteiger partial charge in [0.1, 0.15) is 5.60 Å². The molecule has 0 atom stereocenters. The SMILES string of the molecule is CC(C)(C)OC(=O)Nc1ccc(Cl)cc1CO. The van der Waals surface area contributed by atoms with E-state index in [1.807, 2.05) is 0 Å². The zero-order valence-electron chi connectivity index (χ0n) is 10.1. The number of hydrogen-bond donors (Lipinski definition) is 2. The molecule has 0 spiro atoms. The van der Waals surface area contributed by atoms with Crippen LogP contribution in [0.4, 0.5) is 10.5 Å². The number of anilines is 1. The van der Waals surface area contributed by atoms with Crippen LogP contribution in [-0.2, 0) is 11.3 Å². The molecule has 0 saturated heterocycles. The Bertz CT molecular complexity index is 413. The number of halogens is 1. The molecule has 1 amide bonds. The van der Waals surface area contributed by atoms with Crippen LogP contribution in [0.5, 0.6) is 0 Å². The van der Waals surface area contributed by atoms with Crippen LogP contribution < -0.4 is 5.32 Å². The molecule has 5 heteroatoms. The van der Waals surface area contributed by atoms with Gasteiger partial charge >= 0.3 is 6.09 Å². The van der Waals surface area contributed by atoms with E-state index < -0.39 is 11.7 Å². The van der Waals surface area contributed by atoms with E-state index in [9.17, 15) is 4.79 Å².